The van der Waals surface area contributed by atoms with Crippen molar-refractivity contribution in [3.8, 4) is 6.07 Å². The lowest BCUT2D eigenvalue weighted by atomic mass is 10.2. The van der Waals surface area contributed by atoms with Crippen molar-refractivity contribution in [3.63, 3.8) is 0 Å². The van der Waals surface area contributed by atoms with Gasteiger partial charge >= 0.3 is 0 Å². The summed E-state index contributed by atoms with van der Waals surface area (Å²) in [6.07, 6.45) is 0.777. The molecule has 6 nitrogen and oxygen atoms in total. The zero-order chi connectivity index (χ0) is 21.0. The zero-order valence-corrected chi connectivity index (χ0v) is 17.4. The number of aromatic nitrogens is 2. The standard InChI is InChI=1S/C22H22N4O2S/c1-4-14(2)26-21(28)18-7-5-6-8-19(18)25-22(26)29-15(3)20(27)24-17-11-9-16(13-23)10-12-17/h5-12,14-15H,4H2,1-3H3,(H,24,27)/t14-,15+/m1/s1. The van der Waals surface area contributed by atoms with Crippen molar-refractivity contribution < 1.29 is 4.79 Å². The molecule has 1 heterocycles. The topological polar surface area (TPSA) is 87.8 Å². The van der Waals surface area contributed by atoms with Crippen LogP contribution < -0.4 is 10.9 Å². The van der Waals surface area contributed by atoms with Crippen LogP contribution in [0.3, 0.4) is 0 Å². The number of carbonyl (C=O) groups is 1. The lowest BCUT2D eigenvalue weighted by Gasteiger charge is -2.20. The maximum Gasteiger partial charge on any atom is 0.262 e. The number of rotatable bonds is 6. The molecule has 0 unspecified atom stereocenters. The number of thioether (sulfide) groups is 1. The fraction of sp³-hybridized carbons (Fsp3) is 0.273. The van der Waals surface area contributed by atoms with Crippen molar-refractivity contribution in [1.29, 1.82) is 5.26 Å². The fourth-order valence-corrected chi connectivity index (χ4v) is 3.87. The maximum atomic E-state index is 13.0. The summed E-state index contributed by atoms with van der Waals surface area (Å²) in [5, 5.41) is 12.4. The average Bonchev–Trinajstić information content (AvgIpc) is 2.74. The monoisotopic (exact) mass is 406 g/mol. The normalized spacial score (nSPS) is 12.9. The number of hydrogen-bond acceptors (Lipinski definition) is 5. The van der Waals surface area contributed by atoms with Gasteiger partial charge in [-0.1, -0.05) is 30.8 Å². The van der Waals surface area contributed by atoms with Gasteiger partial charge in [-0.15, -0.1) is 0 Å². The van der Waals surface area contributed by atoms with E-state index in [9.17, 15) is 9.59 Å². The molecule has 3 rings (SSSR count). The predicted molar refractivity (Wildman–Crippen MR) is 116 cm³/mol. The summed E-state index contributed by atoms with van der Waals surface area (Å²) in [6, 6.07) is 16.0. The molecule has 0 radical (unpaired) electrons. The third kappa shape index (κ3) is 4.49. The van der Waals surface area contributed by atoms with Gasteiger partial charge in [0.1, 0.15) is 0 Å². The van der Waals surface area contributed by atoms with Gasteiger partial charge in [-0.05, 0) is 56.7 Å². The Kier molecular flexibility index (Phi) is 6.35. The van der Waals surface area contributed by atoms with E-state index < -0.39 is 5.25 Å². The van der Waals surface area contributed by atoms with E-state index >= 15 is 0 Å². The second-order valence-corrected chi connectivity index (χ2v) is 8.09. The number of nitriles is 1. The molecule has 29 heavy (non-hydrogen) atoms. The number of amides is 1. The quantitative estimate of drug-likeness (QED) is 0.485. The van der Waals surface area contributed by atoms with Crippen molar-refractivity contribution in [2.75, 3.05) is 5.32 Å². The van der Waals surface area contributed by atoms with Crippen LogP contribution in [0.2, 0.25) is 0 Å². The molecule has 1 amide bonds. The third-order valence-corrected chi connectivity index (χ3v) is 5.81. The third-order valence-electron chi connectivity index (χ3n) is 4.74. The van der Waals surface area contributed by atoms with Gasteiger partial charge in [-0.3, -0.25) is 14.2 Å². The number of hydrogen-bond donors (Lipinski definition) is 1. The highest BCUT2D eigenvalue weighted by Crippen LogP contribution is 2.26. The van der Waals surface area contributed by atoms with Gasteiger partial charge in [0.15, 0.2) is 5.16 Å². The summed E-state index contributed by atoms with van der Waals surface area (Å²) < 4.78 is 1.68. The minimum atomic E-state index is -0.464. The molecular formula is C22H22N4O2S. The van der Waals surface area contributed by atoms with Crippen molar-refractivity contribution in [2.24, 2.45) is 0 Å². The zero-order valence-electron chi connectivity index (χ0n) is 16.5. The van der Waals surface area contributed by atoms with Crippen LogP contribution in [0, 0.1) is 11.3 Å². The number of para-hydroxylation sites is 1. The van der Waals surface area contributed by atoms with E-state index in [1.165, 1.54) is 11.8 Å². The molecule has 2 atom stereocenters. The molecular weight excluding hydrogens is 384 g/mol. The molecule has 0 aliphatic carbocycles. The van der Waals surface area contributed by atoms with Crippen molar-refractivity contribution >= 4 is 34.3 Å². The summed E-state index contributed by atoms with van der Waals surface area (Å²) in [5.41, 5.74) is 1.68. The maximum absolute atomic E-state index is 13.0. The molecule has 0 saturated carbocycles. The number of nitrogens with one attached hydrogen (secondary N) is 1. The number of benzene rings is 2. The molecule has 0 fully saturated rings. The first-order valence-corrected chi connectivity index (χ1v) is 10.3. The summed E-state index contributed by atoms with van der Waals surface area (Å²) in [4.78, 5) is 30.4. The molecule has 0 aliphatic heterocycles. The van der Waals surface area contributed by atoms with Gasteiger partial charge in [-0.25, -0.2) is 4.98 Å². The van der Waals surface area contributed by atoms with Gasteiger partial charge in [0, 0.05) is 11.7 Å². The van der Waals surface area contributed by atoms with Gasteiger partial charge in [-0.2, -0.15) is 5.26 Å². The largest absolute Gasteiger partial charge is 0.325 e. The van der Waals surface area contributed by atoms with E-state index in [0.29, 0.717) is 27.3 Å². The van der Waals surface area contributed by atoms with E-state index in [2.05, 4.69) is 10.3 Å². The highest BCUT2D eigenvalue weighted by Gasteiger charge is 2.21. The van der Waals surface area contributed by atoms with Crippen LogP contribution in [-0.4, -0.2) is 20.7 Å². The second kappa shape index (κ2) is 8.93. The van der Waals surface area contributed by atoms with Crippen LogP contribution in [-0.2, 0) is 4.79 Å². The Hall–Kier alpha value is -3.11. The lowest BCUT2D eigenvalue weighted by molar-refractivity contribution is -0.115. The Labute approximate surface area is 173 Å². The molecule has 1 N–H and O–H groups in total. The molecule has 0 aliphatic rings. The van der Waals surface area contributed by atoms with Crippen LogP contribution in [0.25, 0.3) is 10.9 Å². The van der Waals surface area contributed by atoms with E-state index in [-0.39, 0.29) is 17.5 Å². The van der Waals surface area contributed by atoms with Crippen LogP contribution in [0.5, 0.6) is 0 Å². The molecule has 3 aromatic rings. The SMILES string of the molecule is CC[C@@H](C)n1c(S[C@@H](C)C(=O)Nc2ccc(C#N)cc2)nc2ccccc2c1=O. The molecule has 148 valence electrons. The molecule has 7 heteroatoms. The van der Waals surface area contributed by atoms with Crippen molar-refractivity contribution in [2.45, 2.75) is 43.6 Å². The first kappa shape index (κ1) is 20.6. The van der Waals surface area contributed by atoms with Crippen LogP contribution >= 0.6 is 11.8 Å². The first-order valence-electron chi connectivity index (χ1n) is 9.43. The number of nitrogens with zero attached hydrogens (tertiary/aromatic N) is 3. The second-order valence-electron chi connectivity index (χ2n) is 6.78. The molecule has 0 saturated heterocycles. The minimum absolute atomic E-state index is 0.0316. The fourth-order valence-electron chi connectivity index (χ4n) is 2.86. The van der Waals surface area contributed by atoms with E-state index in [0.717, 1.165) is 6.42 Å². The van der Waals surface area contributed by atoms with Crippen LogP contribution in [0.1, 0.15) is 38.8 Å². The number of fused-ring (bicyclic) bond motifs is 1. The lowest BCUT2D eigenvalue weighted by Crippen LogP contribution is -2.28. The molecule has 1 aromatic heterocycles. The van der Waals surface area contributed by atoms with Gasteiger partial charge < -0.3 is 5.32 Å². The smallest absolute Gasteiger partial charge is 0.262 e. The molecule has 0 spiro atoms. The summed E-state index contributed by atoms with van der Waals surface area (Å²) in [7, 11) is 0. The van der Waals surface area contributed by atoms with Gasteiger partial charge in [0.2, 0.25) is 5.91 Å². The summed E-state index contributed by atoms with van der Waals surface area (Å²) >= 11 is 1.27. The Morgan fingerprint density at radius 1 is 1.21 bits per heavy atom. The van der Waals surface area contributed by atoms with Crippen LogP contribution in [0.4, 0.5) is 5.69 Å². The van der Waals surface area contributed by atoms with E-state index in [1.807, 2.05) is 38.1 Å². The van der Waals surface area contributed by atoms with E-state index in [1.54, 1.807) is 41.8 Å². The Bertz CT molecular complexity index is 1130. The average molecular weight is 407 g/mol. The van der Waals surface area contributed by atoms with Gasteiger partial charge in [0.25, 0.3) is 5.56 Å². The Morgan fingerprint density at radius 3 is 2.55 bits per heavy atom. The highest BCUT2D eigenvalue weighted by atomic mass is 32.2. The predicted octanol–water partition coefficient (Wildman–Crippen LogP) is 4.36. The summed E-state index contributed by atoms with van der Waals surface area (Å²) in [6.45, 7) is 5.77. The Morgan fingerprint density at radius 2 is 1.90 bits per heavy atom. The minimum Gasteiger partial charge on any atom is -0.325 e. The number of anilines is 1. The molecule has 2 aromatic carbocycles. The highest BCUT2D eigenvalue weighted by molar-refractivity contribution is 8.00. The van der Waals surface area contributed by atoms with Crippen molar-refractivity contribution in [1.82, 2.24) is 9.55 Å². The van der Waals surface area contributed by atoms with E-state index in [4.69, 9.17) is 5.26 Å². The van der Waals surface area contributed by atoms with Gasteiger partial charge in [0.05, 0.1) is 27.8 Å². The molecule has 0 bridgehead atoms. The first-order chi connectivity index (χ1) is 13.9. The Balaban J connectivity index is 1.88. The van der Waals surface area contributed by atoms with Crippen LogP contribution in [0.15, 0.2) is 58.5 Å². The van der Waals surface area contributed by atoms with Crippen molar-refractivity contribution in [3.05, 3.63) is 64.4 Å². The summed E-state index contributed by atoms with van der Waals surface area (Å²) in [5.74, 6) is -0.196. The number of carbonyl (C=O) groups excluding carboxylic acids is 1.